The highest BCUT2D eigenvalue weighted by Gasteiger charge is 2.17. The normalized spacial score (nSPS) is 18.4. The lowest BCUT2D eigenvalue weighted by molar-refractivity contribution is 0.475. The summed E-state index contributed by atoms with van der Waals surface area (Å²) in [5, 5.41) is 9.24. The van der Waals surface area contributed by atoms with Gasteiger partial charge in [0.1, 0.15) is 5.75 Å². The first-order valence-electron chi connectivity index (χ1n) is 5.67. The predicted molar refractivity (Wildman–Crippen MR) is 65.9 cm³/mol. The highest BCUT2D eigenvalue weighted by Crippen LogP contribution is 2.35. The molecule has 1 aliphatic carbocycles. The molecule has 1 unspecified atom stereocenters. The van der Waals surface area contributed by atoms with Crippen molar-refractivity contribution in [3.8, 4) is 5.75 Å². The van der Waals surface area contributed by atoms with E-state index >= 15 is 0 Å². The van der Waals surface area contributed by atoms with Crippen molar-refractivity contribution in [3.05, 3.63) is 35.4 Å². The SMILES string of the molecule is CC.Cc1cc(O)ccc1C1=CC(C)C1. The summed E-state index contributed by atoms with van der Waals surface area (Å²) in [6.07, 6.45) is 3.46. The van der Waals surface area contributed by atoms with Crippen LogP contribution in [0, 0.1) is 12.8 Å². The number of hydrogen-bond acceptors (Lipinski definition) is 1. The third-order valence-corrected chi connectivity index (χ3v) is 2.58. The molecule has 1 atom stereocenters. The van der Waals surface area contributed by atoms with Gasteiger partial charge in [0, 0.05) is 0 Å². The summed E-state index contributed by atoms with van der Waals surface area (Å²) in [6.45, 7) is 8.26. The van der Waals surface area contributed by atoms with E-state index in [4.69, 9.17) is 0 Å². The smallest absolute Gasteiger partial charge is 0.115 e. The van der Waals surface area contributed by atoms with Gasteiger partial charge in [-0.2, -0.15) is 0 Å². The summed E-state index contributed by atoms with van der Waals surface area (Å²) in [5.41, 5.74) is 3.87. The molecule has 0 aliphatic heterocycles. The number of benzene rings is 1. The molecule has 0 amide bonds. The summed E-state index contributed by atoms with van der Waals surface area (Å²) >= 11 is 0. The lowest BCUT2D eigenvalue weighted by Gasteiger charge is -2.23. The Morgan fingerprint density at radius 1 is 1.27 bits per heavy atom. The molecule has 0 fully saturated rings. The van der Waals surface area contributed by atoms with E-state index in [9.17, 15) is 5.11 Å². The van der Waals surface area contributed by atoms with Crippen LogP contribution in [0.1, 0.15) is 38.3 Å². The second-order valence-corrected chi connectivity index (χ2v) is 3.87. The van der Waals surface area contributed by atoms with E-state index in [-0.39, 0.29) is 0 Å². The molecule has 0 radical (unpaired) electrons. The molecule has 0 bridgehead atoms. The molecule has 82 valence electrons. The molecule has 0 saturated carbocycles. The maximum Gasteiger partial charge on any atom is 0.115 e. The topological polar surface area (TPSA) is 20.2 Å². The molecule has 0 saturated heterocycles. The molecular weight excluding hydrogens is 184 g/mol. The summed E-state index contributed by atoms with van der Waals surface area (Å²) in [4.78, 5) is 0. The van der Waals surface area contributed by atoms with Gasteiger partial charge >= 0.3 is 0 Å². The Balaban J connectivity index is 0.000000531. The van der Waals surface area contributed by atoms with Crippen molar-refractivity contribution in [2.75, 3.05) is 0 Å². The van der Waals surface area contributed by atoms with Crippen molar-refractivity contribution < 1.29 is 5.11 Å². The minimum Gasteiger partial charge on any atom is -0.508 e. The largest absolute Gasteiger partial charge is 0.508 e. The Morgan fingerprint density at radius 3 is 2.33 bits per heavy atom. The van der Waals surface area contributed by atoms with Gasteiger partial charge in [0.05, 0.1) is 0 Å². The maximum atomic E-state index is 9.24. The first-order chi connectivity index (χ1) is 7.16. The van der Waals surface area contributed by atoms with Crippen LogP contribution in [0.5, 0.6) is 5.75 Å². The van der Waals surface area contributed by atoms with Gasteiger partial charge in [0.25, 0.3) is 0 Å². The van der Waals surface area contributed by atoms with Crippen LogP contribution in [0.3, 0.4) is 0 Å². The minimum absolute atomic E-state index is 0.356. The molecule has 1 aliphatic rings. The van der Waals surface area contributed by atoms with Gasteiger partial charge in [-0.15, -0.1) is 0 Å². The lowest BCUT2D eigenvalue weighted by Crippen LogP contribution is -2.05. The Labute approximate surface area is 92.5 Å². The number of phenols is 1. The Bertz CT molecular complexity index is 364. The van der Waals surface area contributed by atoms with E-state index in [0.29, 0.717) is 5.75 Å². The molecule has 2 rings (SSSR count). The molecule has 1 heteroatoms. The van der Waals surface area contributed by atoms with Gasteiger partial charge in [-0.3, -0.25) is 0 Å². The summed E-state index contributed by atoms with van der Waals surface area (Å²) in [5.74, 6) is 1.08. The van der Waals surface area contributed by atoms with E-state index < -0.39 is 0 Å². The average Bonchev–Trinajstić information content (AvgIpc) is 2.17. The molecule has 0 heterocycles. The van der Waals surface area contributed by atoms with Crippen molar-refractivity contribution in [1.29, 1.82) is 0 Å². The summed E-state index contributed by atoms with van der Waals surface area (Å²) < 4.78 is 0. The Morgan fingerprint density at radius 2 is 1.87 bits per heavy atom. The fourth-order valence-electron chi connectivity index (χ4n) is 1.86. The van der Waals surface area contributed by atoms with E-state index in [0.717, 1.165) is 11.5 Å². The first kappa shape index (κ1) is 11.8. The van der Waals surface area contributed by atoms with Crippen LogP contribution in [0.15, 0.2) is 24.3 Å². The fraction of sp³-hybridized carbons (Fsp3) is 0.429. The molecule has 0 spiro atoms. The molecule has 1 nitrogen and oxygen atoms in total. The number of aryl methyl sites for hydroxylation is 1. The van der Waals surface area contributed by atoms with Crippen LogP contribution in [-0.4, -0.2) is 5.11 Å². The number of phenolic OH excluding ortho intramolecular Hbond substituents is 1. The van der Waals surface area contributed by atoms with Crippen LogP contribution in [0.2, 0.25) is 0 Å². The van der Waals surface area contributed by atoms with Crippen molar-refractivity contribution in [3.63, 3.8) is 0 Å². The van der Waals surface area contributed by atoms with E-state index in [1.807, 2.05) is 32.9 Å². The van der Waals surface area contributed by atoms with E-state index in [1.54, 1.807) is 6.07 Å². The van der Waals surface area contributed by atoms with Crippen LogP contribution >= 0.6 is 0 Å². The second-order valence-electron chi connectivity index (χ2n) is 3.87. The third-order valence-electron chi connectivity index (χ3n) is 2.58. The molecule has 15 heavy (non-hydrogen) atoms. The lowest BCUT2D eigenvalue weighted by atomic mass is 9.82. The monoisotopic (exact) mass is 204 g/mol. The van der Waals surface area contributed by atoms with Crippen molar-refractivity contribution >= 4 is 5.57 Å². The molecular formula is C14H20O. The molecule has 1 aromatic rings. The quantitative estimate of drug-likeness (QED) is 0.728. The van der Waals surface area contributed by atoms with Gasteiger partial charge in [0.15, 0.2) is 0 Å². The number of aromatic hydroxyl groups is 1. The Kier molecular flexibility index (Phi) is 3.96. The van der Waals surface area contributed by atoms with Crippen molar-refractivity contribution in [2.24, 2.45) is 5.92 Å². The van der Waals surface area contributed by atoms with Crippen LogP contribution < -0.4 is 0 Å². The third kappa shape index (κ3) is 2.62. The van der Waals surface area contributed by atoms with Gasteiger partial charge < -0.3 is 5.11 Å². The minimum atomic E-state index is 0.356. The zero-order chi connectivity index (χ0) is 11.4. The number of allylic oxidation sites excluding steroid dienone is 2. The zero-order valence-electron chi connectivity index (χ0n) is 10.0. The zero-order valence-corrected chi connectivity index (χ0v) is 10.0. The average molecular weight is 204 g/mol. The number of hydrogen-bond donors (Lipinski definition) is 1. The Hall–Kier alpha value is -1.24. The van der Waals surface area contributed by atoms with Crippen LogP contribution in [-0.2, 0) is 0 Å². The van der Waals surface area contributed by atoms with Crippen molar-refractivity contribution in [1.82, 2.24) is 0 Å². The van der Waals surface area contributed by atoms with Gasteiger partial charge in [-0.05, 0) is 48.1 Å². The second kappa shape index (κ2) is 5.01. The maximum absolute atomic E-state index is 9.24. The molecule has 0 aromatic heterocycles. The van der Waals surface area contributed by atoms with Crippen LogP contribution in [0.25, 0.3) is 5.57 Å². The van der Waals surface area contributed by atoms with Gasteiger partial charge in [-0.1, -0.05) is 32.9 Å². The number of rotatable bonds is 1. The highest BCUT2D eigenvalue weighted by molar-refractivity contribution is 5.73. The highest BCUT2D eigenvalue weighted by atomic mass is 16.3. The van der Waals surface area contributed by atoms with Gasteiger partial charge in [0.2, 0.25) is 0 Å². The van der Waals surface area contributed by atoms with E-state index in [2.05, 4.69) is 13.0 Å². The fourth-order valence-corrected chi connectivity index (χ4v) is 1.86. The summed E-state index contributed by atoms with van der Waals surface area (Å²) in [6, 6.07) is 5.58. The standard InChI is InChI=1S/C12H14O.C2H6/c1-8-5-10(6-8)12-4-3-11(13)7-9(12)2;1-2/h3-5,7-8,13H,6H2,1-2H3;1-2H3. The first-order valence-corrected chi connectivity index (χ1v) is 5.67. The molecule has 1 N–H and O–H groups in total. The van der Waals surface area contributed by atoms with E-state index in [1.165, 1.54) is 17.6 Å². The van der Waals surface area contributed by atoms with Crippen LogP contribution in [0.4, 0.5) is 0 Å². The van der Waals surface area contributed by atoms with Gasteiger partial charge in [-0.25, -0.2) is 0 Å². The van der Waals surface area contributed by atoms with Crippen molar-refractivity contribution in [2.45, 2.75) is 34.1 Å². The molecule has 1 aromatic carbocycles. The predicted octanol–water partition coefficient (Wildman–Crippen LogP) is 4.15. The summed E-state index contributed by atoms with van der Waals surface area (Å²) in [7, 11) is 0.